The number of hydrogen-bond acceptors (Lipinski definition) is 2. The van der Waals surface area contributed by atoms with Gasteiger partial charge in [0.25, 0.3) is 0 Å². The van der Waals surface area contributed by atoms with E-state index in [0.29, 0.717) is 5.92 Å². The molecule has 2 rings (SSSR count). The van der Waals surface area contributed by atoms with Crippen LogP contribution in [0.25, 0.3) is 0 Å². The number of benzene rings is 1. The van der Waals surface area contributed by atoms with Crippen molar-refractivity contribution in [3.05, 3.63) is 35.4 Å². The molecule has 0 spiro atoms. The summed E-state index contributed by atoms with van der Waals surface area (Å²) in [5.74, 6) is 0.474. The maximum atomic E-state index is 6.02. The Balaban J connectivity index is 2.03. The van der Waals surface area contributed by atoms with E-state index >= 15 is 0 Å². The first-order valence-corrected chi connectivity index (χ1v) is 8.03. The van der Waals surface area contributed by atoms with E-state index in [4.69, 9.17) is 5.73 Å². The lowest BCUT2D eigenvalue weighted by Crippen LogP contribution is -2.35. The molecule has 112 valence electrons. The van der Waals surface area contributed by atoms with E-state index in [2.05, 4.69) is 49.9 Å². The largest absolute Gasteiger partial charge is 0.330 e. The van der Waals surface area contributed by atoms with Gasteiger partial charge in [0.1, 0.15) is 0 Å². The second kappa shape index (κ2) is 6.73. The zero-order valence-corrected chi connectivity index (χ0v) is 13.4. The van der Waals surface area contributed by atoms with E-state index in [-0.39, 0.29) is 5.41 Å². The molecule has 1 unspecified atom stereocenters. The Morgan fingerprint density at radius 3 is 2.15 bits per heavy atom. The van der Waals surface area contributed by atoms with E-state index in [0.717, 1.165) is 13.1 Å². The van der Waals surface area contributed by atoms with Gasteiger partial charge in [-0.25, -0.2) is 0 Å². The average molecular weight is 274 g/mol. The molecule has 1 aromatic carbocycles. The van der Waals surface area contributed by atoms with Crippen molar-refractivity contribution < 1.29 is 0 Å². The van der Waals surface area contributed by atoms with Gasteiger partial charge in [0.2, 0.25) is 0 Å². The van der Waals surface area contributed by atoms with Crippen LogP contribution < -0.4 is 5.73 Å². The van der Waals surface area contributed by atoms with E-state index in [1.807, 2.05) is 0 Å². The van der Waals surface area contributed by atoms with Gasteiger partial charge in [-0.2, -0.15) is 0 Å². The van der Waals surface area contributed by atoms with E-state index in [1.54, 1.807) is 0 Å². The standard InChI is InChI=1S/C18H30N2/c1-18(2,3)17-9-7-15(8-10-17)16(13-19)14-20-11-5-4-6-12-20/h7-10,16H,4-6,11-14,19H2,1-3H3. The summed E-state index contributed by atoms with van der Waals surface area (Å²) >= 11 is 0. The maximum Gasteiger partial charge on any atom is 0.00888 e. The molecule has 1 aliphatic rings. The summed E-state index contributed by atoms with van der Waals surface area (Å²) in [5.41, 5.74) is 9.04. The first-order chi connectivity index (χ1) is 9.50. The third-order valence-corrected chi connectivity index (χ3v) is 4.46. The first kappa shape index (κ1) is 15.5. The highest BCUT2D eigenvalue weighted by Gasteiger charge is 2.18. The van der Waals surface area contributed by atoms with Crippen molar-refractivity contribution in [2.75, 3.05) is 26.2 Å². The minimum atomic E-state index is 0.226. The van der Waals surface area contributed by atoms with Crippen LogP contribution in [0.2, 0.25) is 0 Å². The molecule has 1 atom stereocenters. The Labute approximate surface area is 124 Å². The third kappa shape index (κ3) is 4.07. The fourth-order valence-corrected chi connectivity index (χ4v) is 3.02. The van der Waals surface area contributed by atoms with Crippen molar-refractivity contribution in [1.29, 1.82) is 0 Å². The maximum absolute atomic E-state index is 6.02. The molecule has 1 aromatic rings. The molecule has 1 heterocycles. The van der Waals surface area contributed by atoms with Crippen LogP contribution >= 0.6 is 0 Å². The summed E-state index contributed by atoms with van der Waals surface area (Å²) in [6, 6.07) is 9.10. The Kier molecular flexibility index (Phi) is 5.22. The van der Waals surface area contributed by atoms with Crippen LogP contribution in [0.15, 0.2) is 24.3 Å². The quantitative estimate of drug-likeness (QED) is 0.910. The highest BCUT2D eigenvalue weighted by atomic mass is 15.1. The number of likely N-dealkylation sites (tertiary alicyclic amines) is 1. The fraction of sp³-hybridized carbons (Fsp3) is 0.667. The van der Waals surface area contributed by atoms with Crippen LogP contribution in [0.5, 0.6) is 0 Å². The van der Waals surface area contributed by atoms with Gasteiger partial charge in [-0.1, -0.05) is 51.5 Å². The lowest BCUT2D eigenvalue weighted by atomic mass is 9.85. The molecule has 0 saturated carbocycles. The van der Waals surface area contributed by atoms with Gasteiger partial charge < -0.3 is 10.6 Å². The van der Waals surface area contributed by atoms with Gasteiger partial charge in [-0.15, -0.1) is 0 Å². The predicted molar refractivity (Wildman–Crippen MR) is 87.2 cm³/mol. The van der Waals surface area contributed by atoms with Crippen molar-refractivity contribution in [2.24, 2.45) is 5.73 Å². The monoisotopic (exact) mass is 274 g/mol. The van der Waals surface area contributed by atoms with Crippen molar-refractivity contribution in [3.63, 3.8) is 0 Å². The van der Waals surface area contributed by atoms with Crippen LogP contribution in [0.3, 0.4) is 0 Å². The predicted octanol–water partition coefficient (Wildman–Crippen LogP) is 3.51. The molecule has 2 nitrogen and oxygen atoms in total. The Morgan fingerprint density at radius 1 is 1.05 bits per heavy atom. The van der Waals surface area contributed by atoms with Crippen molar-refractivity contribution in [1.82, 2.24) is 4.90 Å². The molecule has 20 heavy (non-hydrogen) atoms. The second-order valence-electron chi connectivity index (χ2n) is 7.17. The molecule has 1 aliphatic heterocycles. The zero-order valence-electron chi connectivity index (χ0n) is 13.4. The third-order valence-electron chi connectivity index (χ3n) is 4.46. The lowest BCUT2D eigenvalue weighted by molar-refractivity contribution is 0.216. The van der Waals surface area contributed by atoms with Crippen molar-refractivity contribution in [2.45, 2.75) is 51.4 Å². The molecule has 2 heteroatoms. The van der Waals surface area contributed by atoms with Gasteiger partial charge >= 0.3 is 0 Å². The van der Waals surface area contributed by atoms with Crippen molar-refractivity contribution >= 4 is 0 Å². The van der Waals surface area contributed by atoms with Crippen LogP contribution in [-0.2, 0) is 5.41 Å². The summed E-state index contributed by atoms with van der Waals surface area (Å²) in [7, 11) is 0. The Hall–Kier alpha value is -0.860. The second-order valence-corrected chi connectivity index (χ2v) is 7.17. The number of nitrogens with zero attached hydrogens (tertiary/aromatic N) is 1. The highest BCUT2D eigenvalue weighted by Crippen LogP contribution is 2.25. The average Bonchev–Trinajstić information content (AvgIpc) is 2.45. The number of piperidine rings is 1. The highest BCUT2D eigenvalue weighted by molar-refractivity contribution is 5.29. The van der Waals surface area contributed by atoms with Crippen LogP contribution in [0.1, 0.15) is 57.1 Å². The molecule has 0 amide bonds. The van der Waals surface area contributed by atoms with Crippen LogP contribution in [-0.4, -0.2) is 31.1 Å². The van der Waals surface area contributed by atoms with Gasteiger partial charge in [-0.05, 0) is 42.5 Å². The summed E-state index contributed by atoms with van der Waals surface area (Å²) in [4.78, 5) is 2.58. The minimum Gasteiger partial charge on any atom is -0.330 e. The van der Waals surface area contributed by atoms with Gasteiger partial charge in [0.05, 0.1) is 0 Å². The van der Waals surface area contributed by atoms with Crippen LogP contribution in [0.4, 0.5) is 0 Å². The van der Waals surface area contributed by atoms with Gasteiger partial charge in [-0.3, -0.25) is 0 Å². The molecule has 0 bridgehead atoms. The summed E-state index contributed by atoms with van der Waals surface area (Å²) < 4.78 is 0. The van der Waals surface area contributed by atoms with Gasteiger partial charge in [0, 0.05) is 19.0 Å². The lowest BCUT2D eigenvalue weighted by Gasteiger charge is -2.30. The molecule has 1 fully saturated rings. The summed E-state index contributed by atoms with van der Waals surface area (Å²) in [6.45, 7) is 11.1. The number of hydrogen-bond donors (Lipinski definition) is 1. The Morgan fingerprint density at radius 2 is 1.65 bits per heavy atom. The molecule has 0 aromatic heterocycles. The van der Waals surface area contributed by atoms with Crippen LogP contribution in [0, 0.1) is 0 Å². The minimum absolute atomic E-state index is 0.226. The topological polar surface area (TPSA) is 29.3 Å². The van der Waals surface area contributed by atoms with Gasteiger partial charge in [0.15, 0.2) is 0 Å². The number of nitrogens with two attached hydrogens (primary N) is 1. The SMILES string of the molecule is CC(C)(C)c1ccc(C(CN)CN2CCCCC2)cc1. The van der Waals surface area contributed by atoms with E-state index in [9.17, 15) is 0 Å². The van der Waals surface area contributed by atoms with Crippen molar-refractivity contribution in [3.8, 4) is 0 Å². The molecule has 2 N–H and O–H groups in total. The first-order valence-electron chi connectivity index (χ1n) is 8.03. The molecular weight excluding hydrogens is 244 g/mol. The fourth-order valence-electron chi connectivity index (χ4n) is 3.02. The summed E-state index contributed by atoms with van der Waals surface area (Å²) in [6.07, 6.45) is 4.09. The zero-order chi connectivity index (χ0) is 14.6. The number of rotatable bonds is 4. The molecule has 0 aliphatic carbocycles. The normalized spacial score (nSPS) is 19.0. The van der Waals surface area contributed by atoms with E-state index < -0.39 is 0 Å². The smallest absolute Gasteiger partial charge is 0.00888 e. The molecular formula is C18H30N2. The Bertz CT molecular complexity index is 396. The molecule has 1 saturated heterocycles. The van der Waals surface area contributed by atoms with E-state index in [1.165, 1.54) is 43.5 Å². The molecule has 0 radical (unpaired) electrons. The summed E-state index contributed by atoms with van der Waals surface area (Å²) in [5, 5.41) is 0.